The van der Waals surface area contributed by atoms with Gasteiger partial charge in [-0.2, -0.15) is 0 Å². The Morgan fingerprint density at radius 1 is 1.45 bits per heavy atom. The van der Waals surface area contributed by atoms with Crippen molar-refractivity contribution < 1.29 is 5.11 Å². The molecule has 1 aromatic rings. The van der Waals surface area contributed by atoms with Crippen LogP contribution in [-0.4, -0.2) is 16.7 Å². The molecule has 0 aliphatic rings. The number of aliphatic hydroxyl groups excluding tert-OH is 1. The zero-order valence-corrected chi connectivity index (χ0v) is 6.12. The summed E-state index contributed by atoms with van der Waals surface area (Å²) >= 11 is 0. The van der Waals surface area contributed by atoms with Crippen LogP contribution >= 0.6 is 0 Å². The van der Waals surface area contributed by atoms with E-state index in [2.05, 4.69) is 4.98 Å². The Morgan fingerprint density at radius 3 is 2.82 bits per heavy atom. The van der Waals surface area contributed by atoms with Crippen LogP contribution in [0.2, 0.25) is 0 Å². The van der Waals surface area contributed by atoms with Crippen molar-refractivity contribution in [2.45, 2.75) is 6.42 Å². The standard InChI is InChI=1S/C7H11N3O/c8-6-3-5(1-2-11)7(9)10-4-6/h3-4,11H,1-2,8H2,(H2,9,10). The first-order chi connectivity index (χ1) is 5.24. The molecule has 0 aliphatic carbocycles. The predicted octanol–water partition coefficient (Wildman–Crippen LogP) is -0.219. The van der Waals surface area contributed by atoms with Gasteiger partial charge in [0.2, 0.25) is 0 Å². The van der Waals surface area contributed by atoms with E-state index in [1.807, 2.05) is 0 Å². The van der Waals surface area contributed by atoms with Gasteiger partial charge in [0.05, 0.1) is 11.9 Å². The number of rotatable bonds is 2. The summed E-state index contributed by atoms with van der Waals surface area (Å²) in [5, 5.41) is 8.61. The largest absolute Gasteiger partial charge is 0.397 e. The average Bonchev–Trinajstić information content (AvgIpc) is 1.98. The van der Waals surface area contributed by atoms with E-state index in [1.165, 1.54) is 6.20 Å². The lowest BCUT2D eigenvalue weighted by Crippen LogP contribution is -2.01. The third-order valence-corrected chi connectivity index (χ3v) is 1.40. The van der Waals surface area contributed by atoms with Gasteiger partial charge in [0.1, 0.15) is 5.82 Å². The zero-order chi connectivity index (χ0) is 8.27. The van der Waals surface area contributed by atoms with Gasteiger partial charge >= 0.3 is 0 Å². The lowest BCUT2D eigenvalue weighted by atomic mass is 10.2. The van der Waals surface area contributed by atoms with Gasteiger partial charge in [0.15, 0.2) is 0 Å². The Hall–Kier alpha value is -1.29. The van der Waals surface area contributed by atoms with E-state index in [0.717, 1.165) is 5.56 Å². The molecule has 0 spiro atoms. The first kappa shape index (κ1) is 7.81. The second-order valence-corrected chi connectivity index (χ2v) is 2.29. The molecule has 0 saturated carbocycles. The quantitative estimate of drug-likeness (QED) is 0.548. The van der Waals surface area contributed by atoms with E-state index in [-0.39, 0.29) is 6.61 Å². The highest BCUT2D eigenvalue weighted by Gasteiger charge is 1.98. The number of hydrogen-bond acceptors (Lipinski definition) is 4. The van der Waals surface area contributed by atoms with Gasteiger partial charge in [-0.1, -0.05) is 0 Å². The molecule has 5 N–H and O–H groups in total. The molecule has 11 heavy (non-hydrogen) atoms. The van der Waals surface area contributed by atoms with Crippen molar-refractivity contribution in [2.24, 2.45) is 0 Å². The molecule has 0 saturated heterocycles. The van der Waals surface area contributed by atoms with Crippen LogP contribution < -0.4 is 11.5 Å². The number of hydrogen-bond donors (Lipinski definition) is 3. The van der Waals surface area contributed by atoms with Crippen LogP contribution in [0, 0.1) is 0 Å². The van der Waals surface area contributed by atoms with Crippen LogP contribution in [0.3, 0.4) is 0 Å². The fourth-order valence-corrected chi connectivity index (χ4v) is 0.860. The lowest BCUT2D eigenvalue weighted by molar-refractivity contribution is 0.299. The van der Waals surface area contributed by atoms with Crippen molar-refractivity contribution in [3.8, 4) is 0 Å². The highest BCUT2D eigenvalue weighted by molar-refractivity contribution is 5.48. The van der Waals surface area contributed by atoms with Gasteiger partial charge in [-0.15, -0.1) is 0 Å². The third-order valence-electron chi connectivity index (χ3n) is 1.40. The fraction of sp³-hybridized carbons (Fsp3) is 0.286. The van der Waals surface area contributed by atoms with E-state index < -0.39 is 0 Å². The number of nitrogens with zero attached hydrogens (tertiary/aromatic N) is 1. The molecule has 60 valence electrons. The van der Waals surface area contributed by atoms with Crippen molar-refractivity contribution in [1.29, 1.82) is 0 Å². The summed E-state index contributed by atoms with van der Waals surface area (Å²) in [6.45, 7) is 0.0648. The highest BCUT2D eigenvalue weighted by atomic mass is 16.2. The topological polar surface area (TPSA) is 85.2 Å². The van der Waals surface area contributed by atoms with Crippen LogP contribution in [0.25, 0.3) is 0 Å². The highest BCUT2D eigenvalue weighted by Crippen LogP contribution is 2.11. The minimum Gasteiger partial charge on any atom is -0.397 e. The first-order valence-electron chi connectivity index (χ1n) is 3.34. The van der Waals surface area contributed by atoms with E-state index >= 15 is 0 Å². The number of nitrogen functional groups attached to an aromatic ring is 2. The number of aliphatic hydroxyl groups is 1. The maximum Gasteiger partial charge on any atom is 0.126 e. The lowest BCUT2D eigenvalue weighted by Gasteiger charge is -2.02. The maximum absolute atomic E-state index is 8.61. The fourth-order valence-electron chi connectivity index (χ4n) is 0.860. The Balaban J connectivity index is 2.93. The molecule has 0 aromatic carbocycles. The summed E-state index contributed by atoms with van der Waals surface area (Å²) in [4.78, 5) is 3.84. The number of anilines is 2. The summed E-state index contributed by atoms with van der Waals surface area (Å²) in [5.41, 5.74) is 12.3. The molecule has 0 bridgehead atoms. The Kier molecular flexibility index (Phi) is 2.28. The van der Waals surface area contributed by atoms with Gasteiger partial charge in [-0.25, -0.2) is 4.98 Å². The number of nitrogens with two attached hydrogens (primary N) is 2. The van der Waals surface area contributed by atoms with Crippen molar-refractivity contribution in [3.05, 3.63) is 17.8 Å². The summed E-state index contributed by atoms with van der Waals surface area (Å²) in [7, 11) is 0. The molecule has 0 atom stereocenters. The van der Waals surface area contributed by atoms with Crippen LogP contribution in [-0.2, 0) is 6.42 Å². The van der Waals surface area contributed by atoms with Crippen molar-refractivity contribution in [3.63, 3.8) is 0 Å². The van der Waals surface area contributed by atoms with E-state index in [1.54, 1.807) is 6.07 Å². The second-order valence-electron chi connectivity index (χ2n) is 2.29. The molecule has 0 aliphatic heterocycles. The summed E-state index contributed by atoms with van der Waals surface area (Å²) < 4.78 is 0. The molecule has 4 heteroatoms. The van der Waals surface area contributed by atoms with E-state index in [4.69, 9.17) is 16.6 Å². The molecule has 1 aromatic heterocycles. The van der Waals surface area contributed by atoms with E-state index in [0.29, 0.717) is 17.9 Å². The van der Waals surface area contributed by atoms with Crippen LogP contribution in [0.1, 0.15) is 5.56 Å². The number of aromatic nitrogens is 1. The molecule has 4 nitrogen and oxygen atoms in total. The maximum atomic E-state index is 8.61. The molecule has 0 radical (unpaired) electrons. The van der Waals surface area contributed by atoms with Gasteiger partial charge in [-0.05, 0) is 18.1 Å². The summed E-state index contributed by atoms with van der Waals surface area (Å²) in [6.07, 6.45) is 2.00. The Morgan fingerprint density at radius 2 is 2.18 bits per heavy atom. The molecular formula is C7H11N3O. The van der Waals surface area contributed by atoms with Crippen LogP contribution in [0.4, 0.5) is 11.5 Å². The zero-order valence-electron chi connectivity index (χ0n) is 6.12. The molecule has 1 rings (SSSR count). The minimum atomic E-state index is 0.0648. The minimum absolute atomic E-state index is 0.0648. The van der Waals surface area contributed by atoms with Crippen LogP contribution in [0.5, 0.6) is 0 Å². The molecular weight excluding hydrogens is 142 g/mol. The Labute approximate surface area is 64.9 Å². The molecule has 0 fully saturated rings. The van der Waals surface area contributed by atoms with Gasteiger partial charge < -0.3 is 16.6 Å². The van der Waals surface area contributed by atoms with Crippen molar-refractivity contribution >= 4 is 11.5 Å². The average molecular weight is 153 g/mol. The Bertz CT molecular complexity index is 249. The first-order valence-corrected chi connectivity index (χ1v) is 3.34. The van der Waals surface area contributed by atoms with Gasteiger partial charge in [0.25, 0.3) is 0 Å². The summed E-state index contributed by atoms with van der Waals surface area (Å²) in [6, 6.07) is 1.72. The molecule has 0 amide bonds. The van der Waals surface area contributed by atoms with Crippen molar-refractivity contribution in [2.75, 3.05) is 18.1 Å². The normalized spacial score (nSPS) is 9.91. The predicted molar refractivity (Wildman–Crippen MR) is 43.9 cm³/mol. The third kappa shape index (κ3) is 1.81. The number of pyridine rings is 1. The smallest absolute Gasteiger partial charge is 0.126 e. The van der Waals surface area contributed by atoms with Crippen molar-refractivity contribution in [1.82, 2.24) is 4.98 Å². The van der Waals surface area contributed by atoms with E-state index in [9.17, 15) is 0 Å². The van der Waals surface area contributed by atoms with Gasteiger partial charge in [0, 0.05) is 6.61 Å². The van der Waals surface area contributed by atoms with Gasteiger partial charge in [-0.3, -0.25) is 0 Å². The second kappa shape index (κ2) is 3.21. The molecule has 1 heterocycles. The summed E-state index contributed by atoms with van der Waals surface area (Å²) in [5.74, 6) is 0.438. The SMILES string of the molecule is Nc1cnc(N)c(CCO)c1. The van der Waals surface area contributed by atoms with Crippen LogP contribution in [0.15, 0.2) is 12.3 Å². The monoisotopic (exact) mass is 153 g/mol. The molecule has 0 unspecified atom stereocenters.